The number of aryl methyl sites for hydroxylation is 1. The maximum atomic E-state index is 14.2. The number of nitrogens with two attached hydrogens (primary N) is 1. The highest BCUT2D eigenvalue weighted by Gasteiger charge is 2.36. The number of carbonyl (C=O) groups excluding carboxylic acids is 3. The number of fused-ring (bicyclic) bond motifs is 1. The van der Waals surface area contributed by atoms with E-state index < -0.39 is 5.92 Å². The summed E-state index contributed by atoms with van der Waals surface area (Å²) in [5.41, 5.74) is 9.64. The molecule has 9 nitrogen and oxygen atoms in total. The molecule has 11 heteroatoms. The Morgan fingerprint density at radius 1 is 1.00 bits per heavy atom. The lowest BCUT2D eigenvalue weighted by Gasteiger charge is -2.41. The molecular weight excluding hydrogens is 620 g/mol. The number of urea groups is 1. The zero-order chi connectivity index (χ0) is 32.4. The van der Waals surface area contributed by atoms with Crippen LogP contribution >= 0.6 is 22.9 Å². The predicted octanol–water partition coefficient (Wildman–Crippen LogP) is 5.71. The molecule has 4 aliphatic heterocycles. The Kier molecular flexibility index (Phi) is 10.4. The van der Waals surface area contributed by atoms with Crippen molar-refractivity contribution in [2.75, 3.05) is 57.4 Å². The number of nitrogen functional groups attached to an aromatic ring is 1. The van der Waals surface area contributed by atoms with Gasteiger partial charge in [0.2, 0.25) is 11.8 Å². The third-order valence-corrected chi connectivity index (χ3v) is 12.2. The number of anilines is 2. The van der Waals surface area contributed by atoms with E-state index >= 15 is 0 Å². The number of hydrogen-bond acceptors (Lipinski definition) is 6. The Morgan fingerprint density at radius 2 is 1.65 bits per heavy atom. The van der Waals surface area contributed by atoms with Gasteiger partial charge in [0, 0.05) is 43.5 Å². The predicted molar refractivity (Wildman–Crippen MR) is 185 cm³/mol. The molecule has 0 bridgehead atoms. The monoisotopic (exact) mass is 668 g/mol. The number of nitrogens with one attached hydrogen (secondary N) is 1. The number of likely N-dealkylation sites (tertiary alicyclic amines) is 3. The van der Waals surface area contributed by atoms with Crippen LogP contribution in [-0.2, 0) is 29.0 Å². The normalized spacial score (nSPS) is 21.3. The van der Waals surface area contributed by atoms with Crippen molar-refractivity contribution < 1.29 is 14.4 Å². The summed E-state index contributed by atoms with van der Waals surface area (Å²) in [6, 6.07) is 5.89. The summed E-state index contributed by atoms with van der Waals surface area (Å²) in [5.74, 6) is 1.06. The van der Waals surface area contributed by atoms with Gasteiger partial charge in [0.15, 0.2) is 0 Å². The van der Waals surface area contributed by atoms with E-state index in [9.17, 15) is 14.4 Å². The van der Waals surface area contributed by atoms with Crippen molar-refractivity contribution in [1.29, 1.82) is 0 Å². The molecule has 0 spiro atoms. The number of benzene rings is 1. The second-order valence-corrected chi connectivity index (χ2v) is 15.2. The van der Waals surface area contributed by atoms with Crippen molar-refractivity contribution in [3.63, 3.8) is 0 Å². The van der Waals surface area contributed by atoms with Gasteiger partial charge in [-0.2, -0.15) is 0 Å². The molecule has 4 amide bonds. The van der Waals surface area contributed by atoms with Gasteiger partial charge in [-0.3, -0.25) is 9.59 Å². The maximum Gasteiger partial charge on any atom is 0.322 e. The minimum atomic E-state index is -0.459. The Bertz CT molecular complexity index is 1410. The van der Waals surface area contributed by atoms with Crippen molar-refractivity contribution in [1.82, 2.24) is 19.6 Å². The molecule has 1 aromatic heterocycles. The van der Waals surface area contributed by atoms with Crippen molar-refractivity contribution in [3.05, 3.63) is 44.6 Å². The van der Waals surface area contributed by atoms with Crippen molar-refractivity contribution in [2.45, 2.75) is 77.3 Å². The Hall–Kier alpha value is -2.82. The van der Waals surface area contributed by atoms with Crippen molar-refractivity contribution >= 4 is 52.2 Å². The van der Waals surface area contributed by atoms with E-state index in [0.29, 0.717) is 42.7 Å². The van der Waals surface area contributed by atoms with Gasteiger partial charge in [-0.25, -0.2) is 4.79 Å². The van der Waals surface area contributed by atoms with Crippen LogP contribution in [0.5, 0.6) is 0 Å². The first-order valence-corrected chi connectivity index (χ1v) is 18.4. The van der Waals surface area contributed by atoms with Crippen LogP contribution < -0.4 is 11.1 Å². The highest BCUT2D eigenvalue weighted by Crippen LogP contribution is 2.35. The molecule has 0 aliphatic carbocycles. The van der Waals surface area contributed by atoms with Crippen LogP contribution in [0.1, 0.15) is 67.9 Å². The second-order valence-electron chi connectivity index (χ2n) is 13.8. The fourth-order valence-corrected chi connectivity index (χ4v) is 9.17. The van der Waals surface area contributed by atoms with E-state index in [1.54, 1.807) is 11.3 Å². The van der Waals surface area contributed by atoms with Crippen molar-refractivity contribution in [3.8, 4) is 0 Å². The molecule has 3 saturated heterocycles. The SMILES string of the molecule is CCc1cc(C[C@@H](CC(=O)N2CCC(N3Cc4sccc4NC3=O)CC2)C(=O)N2CCC(C3CCN(C)CC3)CC2)cc(Cl)c1N. The summed E-state index contributed by atoms with van der Waals surface area (Å²) in [5, 5.41) is 5.52. The minimum absolute atomic E-state index is 0.0129. The summed E-state index contributed by atoms with van der Waals surface area (Å²) < 4.78 is 0. The zero-order valence-electron chi connectivity index (χ0n) is 27.3. The van der Waals surface area contributed by atoms with Gasteiger partial charge in [-0.1, -0.05) is 24.6 Å². The molecule has 0 radical (unpaired) electrons. The molecule has 3 fully saturated rings. The Labute approximate surface area is 282 Å². The van der Waals surface area contributed by atoms with Gasteiger partial charge < -0.3 is 30.7 Å². The summed E-state index contributed by atoms with van der Waals surface area (Å²) in [7, 11) is 2.20. The summed E-state index contributed by atoms with van der Waals surface area (Å²) in [6.07, 6.45) is 7.42. The first-order chi connectivity index (χ1) is 22.2. The largest absolute Gasteiger partial charge is 0.397 e. The molecule has 6 rings (SSSR count). The number of nitrogens with zero attached hydrogens (tertiary/aromatic N) is 4. The van der Waals surface area contributed by atoms with E-state index in [1.165, 1.54) is 17.7 Å². The van der Waals surface area contributed by atoms with Gasteiger partial charge in [0.05, 0.1) is 28.9 Å². The number of amides is 4. The maximum absolute atomic E-state index is 14.2. The number of carbonyl (C=O) groups is 3. The van der Waals surface area contributed by atoms with Crippen LogP contribution in [0.3, 0.4) is 0 Å². The lowest BCUT2D eigenvalue weighted by Crippen LogP contribution is -2.51. The molecule has 250 valence electrons. The average molecular weight is 669 g/mol. The average Bonchev–Trinajstić information content (AvgIpc) is 3.53. The molecule has 2 aromatic rings. The lowest BCUT2D eigenvalue weighted by atomic mass is 9.78. The van der Waals surface area contributed by atoms with Crippen LogP contribution in [0.2, 0.25) is 5.02 Å². The van der Waals surface area contributed by atoms with Gasteiger partial charge >= 0.3 is 6.03 Å². The highest BCUT2D eigenvalue weighted by atomic mass is 35.5. The smallest absolute Gasteiger partial charge is 0.322 e. The molecule has 0 unspecified atom stereocenters. The molecule has 46 heavy (non-hydrogen) atoms. The number of hydrogen-bond donors (Lipinski definition) is 2. The van der Waals surface area contributed by atoms with E-state index in [-0.39, 0.29) is 30.3 Å². The van der Waals surface area contributed by atoms with E-state index in [1.807, 2.05) is 45.2 Å². The van der Waals surface area contributed by atoms with Gasteiger partial charge in [-0.15, -0.1) is 11.3 Å². The minimum Gasteiger partial charge on any atom is -0.397 e. The third kappa shape index (κ3) is 7.34. The second kappa shape index (κ2) is 14.5. The summed E-state index contributed by atoms with van der Waals surface area (Å²) >= 11 is 8.17. The quantitative estimate of drug-likeness (QED) is 0.351. The van der Waals surface area contributed by atoms with Crippen LogP contribution in [0.4, 0.5) is 16.2 Å². The number of thiophene rings is 1. The zero-order valence-corrected chi connectivity index (χ0v) is 28.9. The molecule has 1 aromatic carbocycles. The summed E-state index contributed by atoms with van der Waals surface area (Å²) in [6.45, 7) is 7.68. The molecular formula is C35H49ClN6O3S. The standard InChI is InChI=1S/C35H49ClN6O3S/c1-3-24-18-23(20-29(36)33(24)37)19-27(34(44)41-13-6-26(7-14-41)25-4-11-39(2)12-5-25)21-32(43)40-15-8-28(9-16-40)42-22-31-30(10-17-46-31)38-35(42)45/h10,17-18,20,25-28H,3-9,11-16,19,21-22,37H2,1-2H3,(H,38,45)/t27-/m0/s1. The number of piperidine rings is 3. The first kappa shape index (κ1) is 33.1. The number of halogens is 1. The third-order valence-electron chi connectivity index (χ3n) is 11.0. The lowest BCUT2D eigenvalue weighted by molar-refractivity contribution is -0.143. The first-order valence-electron chi connectivity index (χ1n) is 17.2. The Balaban J connectivity index is 1.10. The summed E-state index contributed by atoms with van der Waals surface area (Å²) in [4.78, 5) is 50.2. The van der Waals surface area contributed by atoms with Crippen LogP contribution in [0, 0.1) is 17.8 Å². The molecule has 5 heterocycles. The molecule has 1 atom stereocenters. The van der Waals surface area contributed by atoms with Crippen LogP contribution in [0.15, 0.2) is 23.6 Å². The molecule has 0 saturated carbocycles. The van der Waals surface area contributed by atoms with Crippen LogP contribution in [0.25, 0.3) is 0 Å². The molecule has 4 aliphatic rings. The van der Waals surface area contributed by atoms with E-state index in [2.05, 4.69) is 17.3 Å². The van der Waals surface area contributed by atoms with Crippen LogP contribution in [-0.4, -0.2) is 89.8 Å². The fourth-order valence-electron chi connectivity index (χ4n) is 8.08. The molecule has 3 N–H and O–H groups in total. The van der Waals surface area contributed by atoms with Crippen molar-refractivity contribution in [2.24, 2.45) is 17.8 Å². The topological polar surface area (TPSA) is 102 Å². The van der Waals surface area contributed by atoms with Gasteiger partial charge in [0.25, 0.3) is 0 Å². The van der Waals surface area contributed by atoms with Gasteiger partial charge in [-0.05, 0) is 112 Å². The van der Waals surface area contributed by atoms with E-state index in [4.69, 9.17) is 17.3 Å². The number of rotatable bonds is 8. The van der Waals surface area contributed by atoms with E-state index in [0.717, 1.165) is 81.0 Å². The fraction of sp³-hybridized carbons (Fsp3) is 0.629. The Morgan fingerprint density at radius 3 is 2.33 bits per heavy atom. The highest BCUT2D eigenvalue weighted by molar-refractivity contribution is 7.10. The van der Waals surface area contributed by atoms with Gasteiger partial charge in [0.1, 0.15) is 0 Å².